The highest BCUT2D eigenvalue weighted by Gasteiger charge is 2.30. The van der Waals surface area contributed by atoms with Crippen LogP contribution in [0.5, 0.6) is 0 Å². The summed E-state index contributed by atoms with van der Waals surface area (Å²) in [4.78, 5) is 21.8. The topological polar surface area (TPSA) is 43.4 Å². The Morgan fingerprint density at radius 2 is 1.92 bits per heavy atom. The standard InChI is InChI=1S/C9H11ClO3/c1-2-3-4-5-6-7(10)9(12)13-8(6)11/h2-5H2,1H3. The van der Waals surface area contributed by atoms with Crippen LogP contribution in [0.4, 0.5) is 0 Å². The predicted octanol–water partition coefficient (Wildman–Crippen LogP) is 2.14. The Hall–Kier alpha value is -0.830. The normalized spacial score (nSPS) is 16.8. The molecule has 0 aromatic rings. The SMILES string of the molecule is CCCCCC1=C(Cl)C(=O)OC1=O. The molecule has 0 fully saturated rings. The molecule has 0 spiro atoms. The first-order valence-electron chi connectivity index (χ1n) is 4.32. The maximum absolute atomic E-state index is 11.0. The van der Waals surface area contributed by atoms with Crippen molar-refractivity contribution in [3.05, 3.63) is 10.6 Å². The van der Waals surface area contributed by atoms with Gasteiger partial charge >= 0.3 is 11.9 Å². The first-order chi connectivity index (χ1) is 6.16. The van der Waals surface area contributed by atoms with Crippen LogP contribution >= 0.6 is 11.6 Å². The Bertz CT molecular complexity index is 268. The summed E-state index contributed by atoms with van der Waals surface area (Å²) < 4.78 is 4.33. The molecule has 0 atom stereocenters. The van der Waals surface area contributed by atoms with E-state index in [-0.39, 0.29) is 5.03 Å². The molecule has 4 heteroatoms. The molecule has 0 radical (unpaired) electrons. The van der Waals surface area contributed by atoms with Crippen molar-refractivity contribution in [3.63, 3.8) is 0 Å². The lowest BCUT2D eigenvalue weighted by molar-refractivity contribution is -0.150. The molecule has 0 N–H and O–H groups in total. The van der Waals surface area contributed by atoms with E-state index in [4.69, 9.17) is 11.6 Å². The molecule has 13 heavy (non-hydrogen) atoms. The molecule has 0 unspecified atom stereocenters. The Morgan fingerprint density at radius 1 is 1.23 bits per heavy atom. The van der Waals surface area contributed by atoms with E-state index in [9.17, 15) is 9.59 Å². The second-order valence-corrected chi connectivity index (χ2v) is 3.30. The predicted molar refractivity (Wildman–Crippen MR) is 48.1 cm³/mol. The number of rotatable bonds is 4. The summed E-state index contributed by atoms with van der Waals surface area (Å²) in [7, 11) is 0. The number of carbonyl (C=O) groups excluding carboxylic acids is 2. The van der Waals surface area contributed by atoms with Crippen LogP contribution in [0.25, 0.3) is 0 Å². The Balaban J connectivity index is 2.56. The van der Waals surface area contributed by atoms with Gasteiger partial charge in [-0.25, -0.2) is 9.59 Å². The highest BCUT2D eigenvalue weighted by molar-refractivity contribution is 6.45. The van der Waals surface area contributed by atoms with E-state index in [1.54, 1.807) is 0 Å². The molecule has 1 rings (SSSR count). The van der Waals surface area contributed by atoms with E-state index in [1.807, 2.05) is 0 Å². The summed E-state index contributed by atoms with van der Waals surface area (Å²) >= 11 is 5.59. The van der Waals surface area contributed by atoms with Crippen LogP contribution in [0.1, 0.15) is 32.6 Å². The molecule has 1 heterocycles. The number of cyclic esters (lactones) is 2. The van der Waals surface area contributed by atoms with Crippen molar-refractivity contribution in [3.8, 4) is 0 Å². The number of hydrogen-bond acceptors (Lipinski definition) is 3. The summed E-state index contributed by atoms with van der Waals surface area (Å²) in [5.41, 5.74) is 0.333. The van der Waals surface area contributed by atoms with E-state index >= 15 is 0 Å². The third-order valence-electron chi connectivity index (χ3n) is 1.91. The van der Waals surface area contributed by atoms with Crippen molar-refractivity contribution in [1.82, 2.24) is 0 Å². The summed E-state index contributed by atoms with van der Waals surface area (Å²) in [6.07, 6.45) is 3.49. The van der Waals surface area contributed by atoms with E-state index in [0.29, 0.717) is 12.0 Å². The molecule has 1 aliphatic rings. The van der Waals surface area contributed by atoms with Gasteiger partial charge in [0.2, 0.25) is 0 Å². The summed E-state index contributed by atoms with van der Waals surface area (Å²) in [6, 6.07) is 0. The van der Waals surface area contributed by atoms with Crippen molar-refractivity contribution in [2.24, 2.45) is 0 Å². The maximum Gasteiger partial charge on any atom is 0.358 e. The van der Waals surface area contributed by atoms with Gasteiger partial charge in [0, 0.05) is 0 Å². The largest absolute Gasteiger partial charge is 0.385 e. The van der Waals surface area contributed by atoms with Crippen molar-refractivity contribution in [2.45, 2.75) is 32.6 Å². The molecule has 0 saturated carbocycles. The fourth-order valence-corrected chi connectivity index (χ4v) is 1.38. The van der Waals surface area contributed by atoms with Gasteiger partial charge in [0.1, 0.15) is 5.03 Å². The van der Waals surface area contributed by atoms with Gasteiger partial charge in [-0.2, -0.15) is 0 Å². The second kappa shape index (κ2) is 4.42. The fraction of sp³-hybridized carbons (Fsp3) is 0.556. The molecular weight excluding hydrogens is 192 g/mol. The van der Waals surface area contributed by atoms with Gasteiger partial charge in [0.25, 0.3) is 0 Å². The highest BCUT2D eigenvalue weighted by Crippen LogP contribution is 2.25. The van der Waals surface area contributed by atoms with Crippen LogP contribution in [-0.4, -0.2) is 11.9 Å². The number of esters is 2. The van der Waals surface area contributed by atoms with E-state index in [1.165, 1.54) is 0 Å². The van der Waals surface area contributed by atoms with E-state index in [2.05, 4.69) is 11.7 Å². The van der Waals surface area contributed by atoms with Crippen LogP contribution in [0.15, 0.2) is 10.6 Å². The number of halogens is 1. The van der Waals surface area contributed by atoms with Crippen LogP contribution in [0, 0.1) is 0 Å². The van der Waals surface area contributed by atoms with Gasteiger partial charge in [0.15, 0.2) is 0 Å². The van der Waals surface area contributed by atoms with Gasteiger partial charge in [-0.3, -0.25) is 0 Å². The average molecular weight is 203 g/mol. The number of hydrogen-bond donors (Lipinski definition) is 0. The van der Waals surface area contributed by atoms with Gasteiger partial charge in [-0.05, 0) is 12.8 Å². The zero-order valence-electron chi connectivity index (χ0n) is 7.43. The molecule has 0 bridgehead atoms. The minimum Gasteiger partial charge on any atom is -0.385 e. The van der Waals surface area contributed by atoms with Crippen molar-refractivity contribution < 1.29 is 14.3 Å². The third kappa shape index (κ3) is 2.31. The van der Waals surface area contributed by atoms with E-state index < -0.39 is 11.9 Å². The van der Waals surface area contributed by atoms with E-state index in [0.717, 1.165) is 19.3 Å². The summed E-state index contributed by atoms with van der Waals surface area (Å²) in [6.45, 7) is 2.06. The lowest BCUT2D eigenvalue weighted by Gasteiger charge is -1.96. The number of ether oxygens (including phenoxy) is 1. The summed E-state index contributed by atoms with van der Waals surface area (Å²) in [5, 5.41) is -0.0406. The molecular formula is C9H11ClO3. The lowest BCUT2D eigenvalue weighted by atomic mass is 10.1. The number of unbranched alkanes of at least 4 members (excludes halogenated alkanes) is 2. The molecule has 0 aromatic heterocycles. The minimum atomic E-state index is -0.710. The first kappa shape index (κ1) is 10.3. The monoisotopic (exact) mass is 202 g/mol. The molecule has 1 aliphatic heterocycles. The second-order valence-electron chi connectivity index (χ2n) is 2.93. The third-order valence-corrected chi connectivity index (χ3v) is 2.29. The van der Waals surface area contributed by atoms with Crippen LogP contribution in [0.3, 0.4) is 0 Å². The Morgan fingerprint density at radius 3 is 2.38 bits per heavy atom. The smallest absolute Gasteiger partial charge is 0.358 e. The van der Waals surface area contributed by atoms with Gasteiger partial charge in [0.05, 0.1) is 5.57 Å². The van der Waals surface area contributed by atoms with Crippen LogP contribution in [-0.2, 0) is 14.3 Å². The van der Waals surface area contributed by atoms with Crippen molar-refractivity contribution in [2.75, 3.05) is 0 Å². The van der Waals surface area contributed by atoms with Crippen molar-refractivity contribution in [1.29, 1.82) is 0 Å². The molecule has 0 aliphatic carbocycles. The first-order valence-corrected chi connectivity index (χ1v) is 4.69. The molecule has 0 amide bonds. The molecule has 72 valence electrons. The fourth-order valence-electron chi connectivity index (χ4n) is 1.17. The van der Waals surface area contributed by atoms with Crippen LogP contribution < -0.4 is 0 Å². The van der Waals surface area contributed by atoms with Gasteiger partial charge < -0.3 is 4.74 Å². The lowest BCUT2D eigenvalue weighted by Crippen LogP contribution is -2.01. The Labute approximate surface area is 81.7 Å². The molecule has 3 nitrogen and oxygen atoms in total. The zero-order chi connectivity index (χ0) is 9.84. The van der Waals surface area contributed by atoms with Gasteiger partial charge in [-0.15, -0.1) is 0 Å². The van der Waals surface area contributed by atoms with Crippen molar-refractivity contribution >= 4 is 23.5 Å². The Kier molecular flexibility index (Phi) is 3.48. The van der Waals surface area contributed by atoms with Crippen LogP contribution in [0.2, 0.25) is 0 Å². The van der Waals surface area contributed by atoms with Gasteiger partial charge in [-0.1, -0.05) is 31.4 Å². The molecule has 0 saturated heterocycles. The molecule has 0 aromatic carbocycles. The minimum absolute atomic E-state index is 0.0406. The quantitative estimate of drug-likeness (QED) is 0.399. The number of carbonyl (C=O) groups is 2. The highest BCUT2D eigenvalue weighted by atomic mass is 35.5. The zero-order valence-corrected chi connectivity index (χ0v) is 8.19. The average Bonchev–Trinajstić information content (AvgIpc) is 2.32. The summed E-state index contributed by atoms with van der Waals surface area (Å²) in [5.74, 6) is -1.29. The maximum atomic E-state index is 11.0.